The third-order valence-corrected chi connectivity index (χ3v) is 6.05. The third kappa shape index (κ3) is 3.14. The molecule has 0 atom stereocenters. The number of anilines is 1. The van der Waals surface area contributed by atoms with Gasteiger partial charge in [0.2, 0.25) is 0 Å². The van der Waals surface area contributed by atoms with Crippen molar-refractivity contribution in [3.63, 3.8) is 0 Å². The van der Waals surface area contributed by atoms with Crippen LogP contribution >= 0.6 is 11.3 Å². The van der Waals surface area contributed by atoms with Gasteiger partial charge in [-0.05, 0) is 39.8 Å². The summed E-state index contributed by atoms with van der Waals surface area (Å²) < 4.78 is 1.96. The molecule has 0 unspecified atom stereocenters. The van der Waals surface area contributed by atoms with Crippen LogP contribution < -0.4 is 4.90 Å². The summed E-state index contributed by atoms with van der Waals surface area (Å²) in [6.45, 7) is 13.4. The van der Waals surface area contributed by atoms with Crippen LogP contribution in [0.2, 0.25) is 0 Å². The molecule has 1 aliphatic heterocycles. The fourth-order valence-electron chi connectivity index (χ4n) is 3.37. The maximum Gasteiger partial charge on any atom is 0.154 e. The lowest BCUT2D eigenvalue weighted by Gasteiger charge is -2.35. The lowest BCUT2D eigenvalue weighted by atomic mass is 10.3. The molecule has 0 amide bonds. The van der Waals surface area contributed by atoms with Crippen molar-refractivity contribution in [1.29, 1.82) is 0 Å². The Kier molecular flexibility index (Phi) is 4.21. The second kappa shape index (κ2) is 6.38. The molecule has 0 radical (unpaired) electrons. The zero-order valence-corrected chi connectivity index (χ0v) is 16.1. The smallest absolute Gasteiger partial charge is 0.154 e. The Morgan fingerprint density at radius 3 is 2.40 bits per heavy atom. The van der Waals surface area contributed by atoms with Crippen molar-refractivity contribution >= 4 is 22.8 Å². The molecule has 3 aromatic rings. The van der Waals surface area contributed by atoms with Gasteiger partial charge in [-0.25, -0.2) is 14.5 Å². The van der Waals surface area contributed by atoms with E-state index in [2.05, 4.69) is 52.7 Å². The second-order valence-corrected chi connectivity index (χ2v) is 8.04. The first kappa shape index (κ1) is 16.5. The van der Waals surface area contributed by atoms with Gasteiger partial charge in [-0.2, -0.15) is 0 Å². The van der Waals surface area contributed by atoms with Crippen molar-refractivity contribution < 1.29 is 0 Å². The minimum absolute atomic E-state index is 0.924. The van der Waals surface area contributed by atoms with Gasteiger partial charge in [-0.3, -0.25) is 4.90 Å². The zero-order valence-electron chi connectivity index (χ0n) is 15.3. The van der Waals surface area contributed by atoms with Crippen LogP contribution in [0, 0.1) is 27.7 Å². The highest BCUT2D eigenvalue weighted by molar-refractivity contribution is 7.11. The molecule has 0 spiro atoms. The molecule has 1 fully saturated rings. The molecule has 4 heterocycles. The molecule has 0 aliphatic carbocycles. The molecule has 0 bridgehead atoms. The minimum atomic E-state index is 0.924. The lowest BCUT2D eigenvalue weighted by molar-refractivity contribution is 0.250. The van der Waals surface area contributed by atoms with Crippen LogP contribution in [0.15, 0.2) is 12.1 Å². The summed E-state index contributed by atoms with van der Waals surface area (Å²) in [6.07, 6.45) is 0. The van der Waals surface area contributed by atoms with E-state index in [1.54, 1.807) is 0 Å². The Morgan fingerprint density at radius 2 is 1.72 bits per heavy atom. The lowest BCUT2D eigenvalue weighted by Crippen LogP contribution is -2.46. The van der Waals surface area contributed by atoms with Crippen molar-refractivity contribution in [2.45, 2.75) is 34.2 Å². The summed E-state index contributed by atoms with van der Waals surface area (Å²) >= 11 is 1.82. The molecule has 0 aromatic carbocycles. The molecular formula is C18H24N6S. The zero-order chi connectivity index (χ0) is 17.6. The van der Waals surface area contributed by atoms with E-state index in [1.807, 2.05) is 22.8 Å². The topological polar surface area (TPSA) is 49.6 Å². The van der Waals surface area contributed by atoms with Crippen LogP contribution in [-0.4, -0.2) is 50.7 Å². The van der Waals surface area contributed by atoms with Crippen molar-refractivity contribution in [3.05, 3.63) is 39.1 Å². The molecule has 7 heteroatoms. The van der Waals surface area contributed by atoms with E-state index in [0.717, 1.165) is 60.6 Å². The standard InChI is InChI=1S/C18H24N6S/c1-12-14(3)24-17(20-12)5-6-18(21-24)23-9-7-22(8-10-23)11-16-13(2)19-15(4)25-16/h5-6H,7-11H2,1-4H3. The summed E-state index contributed by atoms with van der Waals surface area (Å²) in [7, 11) is 0. The predicted octanol–water partition coefficient (Wildman–Crippen LogP) is 2.74. The summed E-state index contributed by atoms with van der Waals surface area (Å²) in [4.78, 5) is 15.4. The number of piperazine rings is 1. The number of rotatable bonds is 3. The number of fused-ring (bicyclic) bond motifs is 1. The molecule has 4 rings (SSSR count). The van der Waals surface area contributed by atoms with Gasteiger partial charge in [-0.15, -0.1) is 16.4 Å². The first-order valence-corrected chi connectivity index (χ1v) is 9.56. The van der Waals surface area contributed by atoms with E-state index in [-0.39, 0.29) is 0 Å². The monoisotopic (exact) mass is 356 g/mol. The number of hydrogen-bond donors (Lipinski definition) is 0. The Morgan fingerprint density at radius 1 is 0.960 bits per heavy atom. The van der Waals surface area contributed by atoms with Gasteiger partial charge in [-0.1, -0.05) is 0 Å². The normalized spacial score (nSPS) is 16.1. The van der Waals surface area contributed by atoms with E-state index >= 15 is 0 Å². The summed E-state index contributed by atoms with van der Waals surface area (Å²) in [5, 5.41) is 5.96. The first-order valence-electron chi connectivity index (χ1n) is 8.74. The van der Waals surface area contributed by atoms with Gasteiger partial charge in [0.05, 0.1) is 22.1 Å². The summed E-state index contributed by atoms with van der Waals surface area (Å²) in [6, 6.07) is 4.16. The molecule has 132 valence electrons. The largest absolute Gasteiger partial charge is 0.353 e. The van der Waals surface area contributed by atoms with Crippen LogP contribution in [0.25, 0.3) is 5.65 Å². The number of imidazole rings is 1. The van der Waals surface area contributed by atoms with Gasteiger partial charge < -0.3 is 4.90 Å². The average Bonchev–Trinajstić information content (AvgIpc) is 3.06. The van der Waals surface area contributed by atoms with Crippen LogP contribution in [-0.2, 0) is 6.54 Å². The number of hydrogen-bond acceptors (Lipinski definition) is 6. The number of nitrogens with zero attached hydrogens (tertiary/aromatic N) is 6. The number of aromatic nitrogens is 4. The highest BCUT2D eigenvalue weighted by Gasteiger charge is 2.20. The summed E-state index contributed by atoms with van der Waals surface area (Å²) in [5.74, 6) is 1.04. The van der Waals surface area contributed by atoms with Gasteiger partial charge in [0.1, 0.15) is 5.82 Å². The average molecular weight is 356 g/mol. The van der Waals surface area contributed by atoms with Gasteiger partial charge in [0, 0.05) is 37.6 Å². The van der Waals surface area contributed by atoms with Gasteiger partial charge in [0.15, 0.2) is 5.65 Å². The highest BCUT2D eigenvalue weighted by Crippen LogP contribution is 2.21. The molecule has 25 heavy (non-hydrogen) atoms. The van der Waals surface area contributed by atoms with Crippen LogP contribution in [0.5, 0.6) is 0 Å². The van der Waals surface area contributed by atoms with E-state index in [4.69, 9.17) is 5.10 Å². The van der Waals surface area contributed by atoms with Crippen LogP contribution in [0.3, 0.4) is 0 Å². The van der Waals surface area contributed by atoms with Crippen molar-refractivity contribution in [1.82, 2.24) is 24.5 Å². The van der Waals surface area contributed by atoms with E-state index in [9.17, 15) is 0 Å². The van der Waals surface area contributed by atoms with Gasteiger partial charge in [0.25, 0.3) is 0 Å². The maximum atomic E-state index is 4.80. The Hall–Kier alpha value is -1.99. The second-order valence-electron chi connectivity index (χ2n) is 6.75. The molecular weight excluding hydrogens is 332 g/mol. The van der Waals surface area contributed by atoms with Crippen molar-refractivity contribution in [2.24, 2.45) is 0 Å². The number of aryl methyl sites for hydroxylation is 4. The predicted molar refractivity (Wildman–Crippen MR) is 102 cm³/mol. The van der Waals surface area contributed by atoms with E-state index in [1.165, 1.54) is 10.6 Å². The van der Waals surface area contributed by atoms with Crippen LogP contribution in [0.4, 0.5) is 5.82 Å². The maximum absolute atomic E-state index is 4.80. The van der Waals surface area contributed by atoms with E-state index < -0.39 is 0 Å². The van der Waals surface area contributed by atoms with Crippen molar-refractivity contribution in [2.75, 3.05) is 31.1 Å². The first-order chi connectivity index (χ1) is 12.0. The minimum Gasteiger partial charge on any atom is -0.353 e. The van der Waals surface area contributed by atoms with Crippen LogP contribution in [0.1, 0.15) is 27.0 Å². The molecule has 1 saturated heterocycles. The van der Waals surface area contributed by atoms with Crippen molar-refractivity contribution in [3.8, 4) is 0 Å². The Labute approximate surface area is 152 Å². The fourth-order valence-corrected chi connectivity index (χ4v) is 4.35. The quantitative estimate of drug-likeness (QED) is 0.722. The molecule has 0 saturated carbocycles. The molecule has 3 aromatic heterocycles. The number of thiazole rings is 1. The van der Waals surface area contributed by atoms with Gasteiger partial charge >= 0.3 is 0 Å². The SMILES string of the molecule is Cc1nc(C)c(CN2CCN(c3ccc4nc(C)c(C)n4n3)CC2)s1. The Balaban J connectivity index is 1.45. The summed E-state index contributed by atoms with van der Waals surface area (Å²) in [5.41, 5.74) is 4.27. The Bertz CT molecular complexity index is 904. The fraction of sp³-hybridized carbons (Fsp3) is 0.500. The highest BCUT2D eigenvalue weighted by atomic mass is 32.1. The molecule has 6 nitrogen and oxygen atoms in total. The van der Waals surface area contributed by atoms with E-state index in [0.29, 0.717) is 0 Å². The molecule has 0 N–H and O–H groups in total. The third-order valence-electron chi connectivity index (χ3n) is 4.99. The molecule has 1 aliphatic rings.